The molecular weight excluding hydrogens is 1630 g/mol. The lowest BCUT2D eigenvalue weighted by Crippen LogP contribution is -2.48. The number of hydrogen-bond acceptors (Lipinski definition) is 27. The molecular formula is C89H119N7O25S2. The monoisotopic (exact) mass is 1750 g/mol. The Labute approximate surface area is 718 Å². The molecule has 11 aliphatic rings. The van der Waals surface area contributed by atoms with Crippen molar-refractivity contribution in [2.45, 2.75) is 307 Å². The topological polar surface area (TPSA) is 408 Å². The number of amides is 6. The maximum atomic E-state index is 14.8. The number of ether oxygens (including phenoxy) is 7. The number of esters is 2. The molecule has 3 saturated heterocycles. The first-order valence-electron chi connectivity index (χ1n) is 43.7. The molecule has 34 heteroatoms. The maximum Gasteiger partial charge on any atom is 0.534 e. The Morgan fingerprint density at radius 2 is 0.919 bits per heavy atom. The van der Waals surface area contributed by atoms with Crippen LogP contribution in [0, 0.1) is 46.3 Å². The van der Waals surface area contributed by atoms with Crippen LogP contribution in [0.1, 0.15) is 255 Å². The first kappa shape index (κ1) is 91.5. The number of nitrogens with one attached hydrogen (secondary N) is 2. The van der Waals surface area contributed by atoms with E-state index in [-0.39, 0.29) is 112 Å². The van der Waals surface area contributed by atoms with Gasteiger partial charge in [-0.1, -0.05) is 70.3 Å². The van der Waals surface area contributed by atoms with Crippen molar-refractivity contribution >= 4 is 107 Å². The second kappa shape index (κ2) is 36.4. The predicted octanol–water partition coefficient (Wildman–Crippen LogP) is 12.2. The molecule has 10 atom stereocenters. The second-order valence-electron chi connectivity index (χ2n) is 37.8. The highest BCUT2D eigenvalue weighted by molar-refractivity contribution is 7.85. The number of hydroxylamine groups is 2. The van der Waals surface area contributed by atoms with Gasteiger partial charge in [0.05, 0.1) is 86.1 Å². The van der Waals surface area contributed by atoms with Gasteiger partial charge >= 0.3 is 38.7 Å². The quantitative estimate of drug-likeness (QED) is 0.0254. The number of fused-ring (bicyclic) bond motifs is 2. The summed E-state index contributed by atoms with van der Waals surface area (Å²) >= 11 is 0. The van der Waals surface area contributed by atoms with Crippen LogP contribution in [0.2, 0.25) is 0 Å². The zero-order valence-electron chi connectivity index (χ0n) is 72.4. The highest BCUT2D eigenvalue weighted by atomic mass is 32.2. The molecule has 8 aliphatic carbocycles. The molecule has 2 aromatic heterocycles. The Morgan fingerprint density at radius 3 is 1.28 bits per heavy atom. The summed E-state index contributed by atoms with van der Waals surface area (Å²) in [7, 11) is -5.61. The van der Waals surface area contributed by atoms with Crippen molar-refractivity contribution in [1.29, 1.82) is 0 Å². The molecule has 0 bridgehead atoms. The number of likely N-dealkylation sites (tertiary alicyclic amines) is 2. The van der Waals surface area contributed by atoms with Crippen LogP contribution < -0.4 is 28.4 Å². The highest BCUT2D eigenvalue weighted by Crippen LogP contribution is 2.60. The van der Waals surface area contributed by atoms with E-state index in [1.54, 1.807) is 79.1 Å². The molecule has 0 spiro atoms. The molecule has 8 saturated carbocycles. The van der Waals surface area contributed by atoms with Crippen molar-refractivity contribution in [2.24, 2.45) is 46.3 Å². The van der Waals surface area contributed by atoms with Crippen LogP contribution in [0.25, 0.3) is 21.5 Å². The fourth-order valence-corrected chi connectivity index (χ4v) is 20.6. The normalized spacial score (nSPS) is 26.2. The van der Waals surface area contributed by atoms with Gasteiger partial charge in [0.25, 0.3) is 11.8 Å². The van der Waals surface area contributed by atoms with E-state index in [0.717, 1.165) is 111 Å². The van der Waals surface area contributed by atoms with Crippen LogP contribution in [-0.2, 0) is 96.0 Å². The van der Waals surface area contributed by atoms with E-state index in [4.69, 9.17) is 41.5 Å². The largest absolute Gasteiger partial charge is 0.534 e. The SMILES string of the molecule is CC1(OC(=O)ON2C(=O)CCC2=O)CC1.CC[C@@H]1C[C@]1(CC(=O)[C@@H]1C[C@@H](Oc2nccc3cc(OC)ccc23)CN1C(=O)[C@@H](CC(=O)OC(C)(C)C)C1CCCCC1)C(=O)NS(=O)(=O)OC1(C)CC1.CC[C@@H]1C[C@]1(CC(=O)[C@@H]1C[C@@H](Oc2nccc3cc(OC)ccc23)CN1C(=O)[C@@H](CC(=O)OC1(C)CC1)C1CCCCC1)C(=O)NS(=O)(=O)OC1(C)CC1. The van der Waals surface area contributed by atoms with Crippen LogP contribution in [0.5, 0.6) is 23.3 Å². The van der Waals surface area contributed by atoms with Crippen molar-refractivity contribution in [2.75, 3.05) is 27.3 Å². The summed E-state index contributed by atoms with van der Waals surface area (Å²) in [5.74, 6) is -4.60. The summed E-state index contributed by atoms with van der Waals surface area (Å²) in [6.07, 6.45) is 17.1. The molecule has 3 aliphatic heterocycles. The van der Waals surface area contributed by atoms with Gasteiger partial charge in [0.1, 0.15) is 40.5 Å². The third-order valence-electron chi connectivity index (χ3n) is 26.6. The zero-order valence-corrected chi connectivity index (χ0v) is 74.1. The molecule has 15 rings (SSSR count). The van der Waals surface area contributed by atoms with Crippen molar-refractivity contribution < 1.29 is 116 Å². The lowest BCUT2D eigenvalue weighted by Gasteiger charge is -2.34. The minimum atomic E-state index is -4.40. The summed E-state index contributed by atoms with van der Waals surface area (Å²) in [5, 5.41) is 3.65. The molecule has 123 heavy (non-hydrogen) atoms. The lowest BCUT2D eigenvalue weighted by atomic mass is 9.77. The number of imide groups is 1. The molecule has 6 amide bonds. The number of hydrogen-bond donors (Lipinski definition) is 2. The first-order valence-corrected chi connectivity index (χ1v) is 46.5. The number of carbonyl (C=O) groups excluding carboxylic acids is 11. The number of carbonyl (C=O) groups is 11. The van der Waals surface area contributed by atoms with Crippen molar-refractivity contribution in [3.8, 4) is 23.3 Å². The molecule has 2 N–H and O–H groups in total. The number of nitrogens with zero attached hydrogens (tertiary/aromatic N) is 5. The number of aromatic nitrogens is 2. The Kier molecular flexibility index (Phi) is 27.1. The van der Waals surface area contributed by atoms with Gasteiger partial charge in [-0.3, -0.25) is 52.8 Å². The van der Waals surface area contributed by atoms with Crippen LogP contribution in [0.3, 0.4) is 0 Å². The van der Waals surface area contributed by atoms with E-state index < -0.39 is 137 Å². The van der Waals surface area contributed by atoms with E-state index in [9.17, 15) is 69.6 Å². The van der Waals surface area contributed by atoms with Gasteiger partial charge < -0.3 is 43.0 Å². The fourth-order valence-electron chi connectivity index (χ4n) is 18.2. The number of benzene rings is 2. The minimum absolute atomic E-state index is 0.0419. The smallest absolute Gasteiger partial charge is 0.497 e. The summed E-state index contributed by atoms with van der Waals surface area (Å²) in [4.78, 5) is 163. The molecule has 5 heterocycles. The van der Waals surface area contributed by atoms with Crippen LogP contribution in [0.15, 0.2) is 60.9 Å². The van der Waals surface area contributed by atoms with Gasteiger partial charge in [-0.15, -0.1) is 0 Å². The van der Waals surface area contributed by atoms with Gasteiger partial charge in [0.15, 0.2) is 11.6 Å². The number of methoxy groups -OCH3 is 2. The Bertz CT molecular complexity index is 4670. The van der Waals surface area contributed by atoms with Crippen molar-refractivity contribution in [3.05, 3.63) is 60.9 Å². The first-order chi connectivity index (χ1) is 58.1. The molecule has 0 unspecified atom stereocenters. The average Bonchev–Trinajstić information content (AvgIpc) is 1.58. The lowest BCUT2D eigenvalue weighted by molar-refractivity contribution is -0.179. The number of pyridine rings is 2. The highest BCUT2D eigenvalue weighted by Gasteiger charge is 2.64. The van der Waals surface area contributed by atoms with Gasteiger partial charge in [0, 0.05) is 61.7 Å². The molecule has 0 radical (unpaired) electrons. The van der Waals surface area contributed by atoms with Crippen molar-refractivity contribution in [1.82, 2.24) is 34.3 Å². The van der Waals surface area contributed by atoms with Crippen LogP contribution >= 0.6 is 0 Å². The summed E-state index contributed by atoms with van der Waals surface area (Å²) in [6.45, 7) is 16.3. The molecule has 32 nitrogen and oxygen atoms in total. The molecule has 4 aromatic rings. The predicted molar refractivity (Wildman–Crippen MR) is 443 cm³/mol. The van der Waals surface area contributed by atoms with E-state index in [1.165, 1.54) is 4.90 Å². The summed E-state index contributed by atoms with van der Waals surface area (Å²) in [6, 6.07) is 12.8. The molecule has 11 fully saturated rings. The van der Waals surface area contributed by atoms with Crippen LogP contribution in [0.4, 0.5) is 4.79 Å². The van der Waals surface area contributed by atoms with Crippen molar-refractivity contribution in [3.63, 3.8) is 0 Å². The van der Waals surface area contributed by atoms with Gasteiger partial charge in [-0.2, -0.15) is 16.8 Å². The van der Waals surface area contributed by atoms with E-state index in [0.29, 0.717) is 79.7 Å². The van der Waals surface area contributed by atoms with Crippen LogP contribution in [-0.4, -0.2) is 186 Å². The summed E-state index contributed by atoms with van der Waals surface area (Å²) in [5.41, 5.74) is -5.85. The Morgan fingerprint density at radius 1 is 0.528 bits per heavy atom. The third kappa shape index (κ3) is 22.8. The second-order valence-corrected chi connectivity index (χ2v) is 40.4. The van der Waals surface area contributed by atoms with Gasteiger partial charge in [-0.05, 0) is 221 Å². The van der Waals surface area contributed by atoms with Gasteiger partial charge in [-0.25, -0.2) is 32.6 Å². The van der Waals surface area contributed by atoms with E-state index in [2.05, 4.69) is 24.2 Å². The average molecular weight is 1750 g/mol. The zero-order chi connectivity index (χ0) is 88.6. The maximum absolute atomic E-state index is 14.8. The Hall–Kier alpha value is -9.15. The number of Topliss-reactive ketones (excluding diaryl/α,β-unsaturated/α-hetero) is 2. The minimum Gasteiger partial charge on any atom is -0.497 e. The molecule has 2 aromatic carbocycles. The van der Waals surface area contributed by atoms with E-state index in [1.807, 2.05) is 63.2 Å². The van der Waals surface area contributed by atoms with Gasteiger partial charge in [0.2, 0.25) is 35.4 Å². The standard InChI is InChI=1S/C40H53N3O10S.C40H55N3O10S.C9H11NO5/c1-5-27-22-40(27,37(47)42-54(48,49)53-39(3)16-17-39)23-33(44)32-20-29(51-35-30-12-11-28(50-4)19-26(30)13-18-41-35)24-43(32)36(46)31(25-9-7-6-8-10-25)21-34(45)52-38(2)14-15-38;1-7-27-22-40(27,37(47)42-54(48,49)53-39(5)16-17-39)23-33(44)32-20-29(51-35-30-14-13-28(50-6)19-26(30)15-18-41-35)24-43(32)36(46)31(25-11-9-8-10-12-25)21-34(45)52-38(2,3)4;1-9(4-5-9)14-8(13)15-10-6(11)2-3-7(10)12/h11-13,18-19,25,27,29,31-32H,5-10,14-17,20-24H2,1-4H3,(H,42,47);13-15,18-19,25,27,29,31-32H,7-12,16-17,20-24H2,1-6H3,(H,42,47);2-5H2,1H3/t2*27-,29-,31+,32+,40-;/m11./s1. The third-order valence-corrected chi connectivity index (χ3v) is 28.7. The van der Waals surface area contributed by atoms with E-state index >= 15 is 0 Å². The summed E-state index contributed by atoms with van der Waals surface area (Å²) < 4.78 is 106. The fraction of sp³-hybridized carbons (Fsp3) is 0.674. The number of ketones is 2. The number of rotatable bonds is 33. The Balaban J connectivity index is 0.000000181. The molecule has 672 valence electrons.